The second-order valence-corrected chi connectivity index (χ2v) is 20.1. The summed E-state index contributed by atoms with van der Waals surface area (Å²) in [5.41, 5.74) is 20.9. The lowest BCUT2D eigenvalue weighted by Crippen LogP contribution is -2.28. The molecule has 2 aliphatic carbocycles. The maximum absolute atomic E-state index is 6.38. The van der Waals surface area contributed by atoms with Crippen LogP contribution in [-0.2, 0) is 5.41 Å². The third kappa shape index (κ3) is 7.00. The maximum atomic E-state index is 6.38. The van der Waals surface area contributed by atoms with Crippen molar-refractivity contribution in [1.29, 1.82) is 0 Å². The molecule has 0 atom stereocenters. The summed E-state index contributed by atoms with van der Waals surface area (Å²) in [6, 6.07) is 94.6. The monoisotopic (exact) mass is 935 g/mol. The van der Waals surface area contributed by atoms with Crippen molar-refractivity contribution in [2.24, 2.45) is 0 Å². The van der Waals surface area contributed by atoms with E-state index in [0.29, 0.717) is 5.92 Å². The lowest BCUT2D eigenvalue weighted by atomic mass is 9.67. The van der Waals surface area contributed by atoms with Gasteiger partial charge in [-0.3, -0.25) is 0 Å². The lowest BCUT2D eigenvalue weighted by molar-refractivity contribution is 0.445. The molecule has 14 rings (SSSR count). The van der Waals surface area contributed by atoms with E-state index in [-0.39, 0.29) is 0 Å². The van der Waals surface area contributed by atoms with Gasteiger partial charge in [-0.1, -0.05) is 232 Å². The summed E-state index contributed by atoms with van der Waals surface area (Å²) in [5.74, 6) is 0.553. The molecule has 11 aromatic carbocycles. The highest BCUT2D eigenvalue weighted by molar-refractivity contribution is 6.12. The van der Waals surface area contributed by atoms with E-state index in [0.717, 1.165) is 55.7 Å². The van der Waals surface area contributed by atoms with E-state index >= 15 is 0 Å². The molecule has 2 aliphatic rings. The fourth-order valence-corrected chi connectivity index (χ4v) is 13.0. The van der Waals surface area contributed by atoms with E-state index in [4.69, 9.17) is 4.42 Å². The Hall–Kier alpha value is -8.72. The Morgan fingerprint density at radius 1 is 0.370 bits per heavy atom. The number of hydrogen-bond donors (Lipinski definition) is 0. The number of benzene rings is 11. The minimum atomic E-state index is -0.519. The average Bonchev–Trinajstić information content (AvgIpc) is 4.00. The van der Waals surface area contributed by atoms with Crippen LogP contribution in [0.4, 0.5) is 17.1 Å². The first-order chi connectivity index (χ1) is 36.2. The molecule has 0 saturated heterocycles. The first-order valence-corrected chi connectivity index (χ1v) is 26.1. The molecule has 0 amide bonds. The maximum Gasteiger partial charge on any atom is 0.136 e. The minimum Gasteiger partial charge on any atom is -0.456 e. The molecule has 0 N–H and O–H groups in total. The van der Waals surface area contributed by atoms with Gasteiger partial charge in [-0.15, -0.1) is 0 Å². The summed E-state index contributed by atoms with van der Waals surface area (Å²) < 4.78 is 6.38. The Kier molecular flexibility index (Phi) is 10.5. The third-order valence-electron chi connectivity index (χ3n) is 16.2. The highest BCUT2D eigenvalue weighted by Gasteiger charge is 2.46. The normalized spacial score (nSPS) is 14.1. The van der Waals surface area contributed by atoms with E-state index < -0.39 is 5.41 Å². The smallest absolute Gasteiger partial charge is 0.136 e. The fraction of sp³-hybridized carbons (Fsp3) is 0.0986. The second kappa shape index (κ2) is 17.8. The molecule has 1 aromatic heterocycles. The topological polar surface area (TPSA) is 16.4 Å². The summed E-state index contributed by atoms with van der Waals surface area (Å²) in [4.78, 5) is 2.52. The van der Waals surface area contributed by atoms with Crippen molar-refractivity contribution in [3.8, 4) is 44.5 Å². The van der Waals surface area contributed by atoms with Crippen molar-refractivity contribution in [1.82, 2.24) is 0 Å². The molecular weight excluding hydrogens is 883 g/mol. The number of nitrogens with zero attached hydrogens (tertiary/aromatic N) is 1. The summed E-state index contributed by atoms with van der Waals surface area (Å²) in [6.07, 6.45) is 6.39. The van der Waals surface area contributed by atoms with E-state index in [9.17, 15) is 0 Å². The number of rotatable bonds is 9. The number of fused-ring (bicyclic) bond motifs is 7. The molecule has 1 heterocycles. The summed E-state index contributed by atoms with van der Waals surface area (Å²) in [7, 11) is 0. The van der Waals surface area contributed by atoms with Crippen LogP contribution in [0.15, 0.2) is 259 Å². The van der Waals surface area contributed by atoms with Gasteiger partial charge < -0.3 is 9.32 Å². The Morgan fingerprint density at radius 2 is 0.932 bits per heavy atom. The Morgan fingerprint density at radius 3 is 1.70 bits per heavy atom. The highest BCUT2D eigenvalue weighted by Crippen LogP contribution is 2.57. The zero-order valence-electron chi connectivity index (χ0n) is 40.7. The van der Waals surface area contributed by atoms with Crippen LogP contribution >= 0.6 is 0 Å². The summed E-state index contributed by atoms with van der Waals surface area (Å²) >= 11 is 0. The van der Waals surface area contributed by atoms with Crippen molar-refractivity contribution in [3.63, 3.8) is 0 Å². The van der Waals surface area contributed by atoms with Gasteiger partial charge in [-0.25, -0.2) is 0 Å². The molecule has 12 aromatic rings. The van der Waals surface area contributed by atoms with E-state index in [2.05, 4.69) is 254 Å². The molecule has 348 valence electrons. The predicted octanol–water partition coefficient (Wildman–Crippen LogP) is 19.6. The molecule has 2 nitrogen and oxygen atoms in total. The van der Waals surface area contributed by atoms with E-state index in [1.807, 2.05) is 6.07 Å². The van der Waals surface area contributed by atoms with Crippen LogP contribution in [-0.4, -0.2) is 0 Å². The molecule has 1 saturated carbocycles. The quantitative estimate of drug-likeness (QED) is 0.143. The number of anilines is 3. The number of hydrogen-bond acceptors (Lipinski definition) is 2. The summed E-state index contributed by atoms with van der Waals surface area (Å²) in [6.45, 7) is 0. The van der Waals surface area contributed by atoms with Gasteiger partial charge in [0, 0.05) is 27.6 Å². The van der Waals surface area contributed by atoms with Crippen molar-refractivity contribution >= 4 is 49.8 Å². The molecule has 1 fully saturated rings. The summed E-state index contributed by atoms with van der Waals surface area (Å²) in [5, 5.41) is 4.95. The van der Waals surface area contributed by atoms with Crippen LogP contribution in [0.3, 0.4) is 0 Å². The van der Waals surface area contributed by atoms with Gasteiger partial charge in [0.2, 0.25) is 0 Å². The molecule has 0 aliphatic heterocycles. The van der Waals surface area contributed by atoms with Gasteiger partial charge >= 0.3 is 0 Å². The standard InChI is InChI=1S/C71H53NO/c1-4-21-48(22-5-1)56-33-18-23-50-24-19-35-61(69(50)56)60-31-12-16-38-66(60)72(54-44-41-49(42-45-54)57-34-20-40-68-70(57)62-32-13-17-39-67(62)73-68)65-37-15-11-29-55(65)51-43-46-59-58-30-10-14-36-63(58)71(64(59)47-51,52-25-6-2-7-26-52)53-27-8-3-9-28-53/h2-3,6-20,23-48H,1,4-5,21-22H2. The van der Waals surface area contributed by atoms with Crippen LogP contribution in [0.5, 0.6) is 0 Å². The minimum absolute atomic E-state index is 0.519. The largest absolute Gasteiger partial charge is 0.456 e. The Balaban J connectivity index is 0.993. The highest BCUT2D eigenvalue weighted by atomic mass is 16.3. The Labute approximate surface area is 427 Å². The third-order valence-corrected chi connectivity index (χ3v) is 16.2. The van der Waals surface area contributed by atoms with Crippen LogP contribution in [0.1, 0.15) is 65.8 Å². The predicted molar refractivity (Wildman–Crippen MR) is 305 cm³/mol. The van der Waals surface area contributed by atoms with Crippen LogP contribution in [0.25, 0.3) is 77.2 Å². The fourth-order valence-electron chi connectivity index (χ4n) is 13.0. The van der Waals surface area contributed by atoms with Crippen LogP contribution < -0.4 is 4.90 Å². The van der Waals surface area contributed by atoms with E-state index in [1.165, 1.54) is 98.5 Å². The number of furan rings is 1. The van der Waals surface area contributed by atoms with Gasteiger partial charge in [0.1, 0.15) is 11.2 Å². The zero-order chi connectivity index (χ0) is 48.3. The van der Waals surface area contributed by atoms with Crippen molar-refractivity contribution < 1.29 is 4.42 Å². The lowest BCUT2D eigenvalue weighted by Gasteiger charge is -2.34. The second-order valence-electron chi connectivity index (χ2n) is 20.1. The first kappa shape index (κ1) is 43.1. The molecule has 0 unspecified atom stereocenters. The SMILES string of the molecule is c1ccc(C2(c3ccccc3)c3ccccc3-c3ccc(-c4ccccc4N(c4ccc(-c5cccc6oc7ccccc7c56)cc4)c4ccccc4-c4cccc5cccc(C6CCCCC6)c45)cc32)cc1. The Bertz CT molecular complexity index is 3960. The molecule has 2 heteroatoms. The zero-order valence-corrected chi connectivity index (χ0v) is 40.7. The van der Waals surface area contributed by atoms with Crippen LogP contribution in [0, 0.1) is 0 Å². The van der Waals surface area contributed by atoms with Crippen molar-refractivity contribution in [2.45, 2.75) is 43.4 Å². The number of para-hydroxylation sites is 3. The van der Waals surface area contributed by atoms with Crippen molar-refractivity contribution in [3.05, 3.63) is 283 Å². The van der Waals surface area contributed by atoms with Crippen LogP contribution in [0.2, 0.25) is 0 Å². The molecular formula is C71H53NO. The van der Waals surface area contributed by atoms with Crippen molar-refractivity contribution in [2.75, 3.05) is 4.90 Å². The molecule has 0 radical (unpaired) electrons. The van der Waals surface area contributed by atoms with Gasteiger partial charge in [-0.05, 0) is 133 Å². The molecule has 73 heavy (non-hydrogen) atoms. The van der Waals surface area contributed by atoms with Gasteiger partial charge in [0.15, 0.2) is 0 Å². The first-order valence-electron chi connectivity index (χ1n) is 26.1. The van der Waals surface area contributed by atoms with Gasteiger partial charge in [0.05, 0.1) is 16.8 Å². The molecule has 0 spiro atoms. The van der Waals surface area contributed by atoms with E-state index in [1.54, 1.807) is 0 Å². The average molecular weight is 936 g/mol. The van der Waals surface area contributed by atoms with Gasteiger partial charge in [0.25, 0.3) is 0 Å². The van der Waals surface area contributed by atoms with Gasteiger partial charge in [-0.2, -0.15) is 0 Å². The molecule has 0 bridgehead atoms.